The third-order valence-electron chi connectivity index (χ3n) is 6.54. The van der Waals surface area contributed by atoms with E-state index in [4.69, 9.17) is 15.0 Å². The number of fused-ring (bicyclic) bond motifs is 1. The molecule has 37 heavy (non-hydrogen) atoms. The fourth-order valence-electron chi connectivity index (χ4n) is 4.48. The van der Waals surface area contributed by atoms with Crippen molar-refractivity contribution >= 4 is 26.7 Å². The van der Waals surface area contributed by atoms with E-state index in [1.54, 1.807) is 0 Å². The van der Waals surface area contributed by atoms with Crippen molar-refractivity contribution in [2.75, 3.05) is 0 Å². The van der Waals surface area contributed by atoms with Gasteiger partial charge in [0.1, 0.15) is 0 Å². The molecule has 1 aromatic heterocycles. The van der Waals surface area contributed by atoms with E-state index in [2.05, 4.69) is 139 Å². The fraction of sp³-hybridized carbons (Fsp3) is 0.0606. The van der Waals surface area contributed by atoms with Gasteiger partial charge < -0.3 is 0 Å². The number of aromatic nitrogens is 3. The number of rotatable bonds is 4. The molecule has 0 bridgehead atoms. The first kappa shape index (κ1) is 23.3. The molecule has 0 amide bonds. The van der Waals surface area contributed by atoms with E-state index in [0.717, 1.165) is 26.7 Å². The van der Waals surface area contributed by atoms with Crippen molar-refractivity contribution in [3.8, 4) is 45.3 Å². The highest BCUT2D eigenvalue weighted by Gasteiger charge is 2.13. The Morgan fingerprint density at radius 3 is 1.43 bits per heavy atom. The molecule has 0 aliphatic heterocycles. The first-order valence-electron chi connectivity index (χ1n) is 12.2. The van der Waals surface area contributed by atoms with Gasteiger partial charge in [0.25, 0.3) is 0 Å². The van der Waals surface area contributed by atoms with Gasteiger partial charge >= 0.3 is 0 Å². The molecule has 0 radical (unpaired) electrons. The van der Waals surface area contributed by atoms with Crippen LogP contribution in [0.25, 0.3) is 56.1 Å². The van der Waals surface area contributed by atoms with Crippen LogP contribution in [0.1, 0.15) is 11.1 Å². The normalized spacial score (nSPS) is 11.1. The van der Waals surface area contributed by atoms with Gasteiger partial charge in [-0.05, 0) is 47.9 Å². The van der Waals surface area contributed by atoms with Gasteiger partial charge in [-0.1, -0.05) is 124 Å². The number of hydrogen-bond acceptors (Lipinski definition) is 3. The van der Waals surface area contributed by atoms with E-state index < -0.39 is 0 Å². The molecule has 178 valence electrons. The summed E-state index contributed by atoms with van der Waals surface area (Å²) in [6.07, 6.45) is 0. The summed E-state index contributed by atoms with van der Waals surface area (Å²) in [5.41, 5.74) is 7.63. The SMILES string of the molecule is Cc1ccc(-c2nc(-c3ccc(C)cc3)nc(-c3ccc(-c4cc(Br)cc5ccccc45)cc3)n2)cc1. The van der Waals surface area contributed by atoms with E-state index in [9.17, 15) is 0 Å². The standard InChI is InChI=1S/C33H24BrN3/c1-21-7-11-24(12-8-21)31-35-32(25-13-9-22(2)10-14-25)37-33(36-31)26-17-15-23(16-18-26)30-20-28(34)19-27-5-3-4-6-29(27)30/h3-20H,1-2H3. The fourth-order valence-corrected chi connectivity index (χ4v) is 4.96. The van der Waals surface area contributed by atoms with E-state index in [0.29, 0.717) is 17.5 Å². The van der Waals surface area contributed by atoms with E-state index in [1.165, 1.54) is 27.5 Å². The van der Waals surface area contributed by atoms with E-state index in [-0.39, 0.29) is 0 Å². The Bertz CT molecular complexity index is 1660. The zero-order valence-electron chi connectivity index (χ0n) is 20.6. The molecule has 0 aliphatic rings. The molecule has 1 heterocycles. The van der Waals surface area contributed by atoms with Crippen LogP contribution in [0.3, 0.4) is 0 Å². The van der Waals surface area contributed by atoms with Gasteiger partial charge in [-0.15, -0.1) is 0 Å². The molecule has 6 aromatic rings. The van der Waals surface area contributed by atoms with E-state index >= 15 is 0 Å². The Morgan fingerprint density at radius 1 is 0.486 bits per heavy atom. The molecule has 0 aliphatic carbocycles. The Hall–Kier alpha value is -4.15. The van der Waals surface area contributed by atoms with Crippen molar-refractivity contribution in [2.24, 2.45) is 0 Å². The molecular formula is C33H24BrN3. The molecule has 0 saturated carbocycles. The van der Waals surface area contributed by atoms with Crippen LogP contribution < -0.4 is 0 Å². The van der Waals surface area contributed by atoms with Crippen LogP contribution >= 0.6 is 15.9 Å². The molecule has 4 heteroatoms. The van der Waals surface area contributed by atoms with Crippen LogP contribution in [-0.2, 0) is 0 Å². The van der Waals surface area contributed by atoms with Gasteiger partial charge in [0.15, 0.2) is 17.5 Å². The molecule has 5 aromatic carbocycles. The van der Waals surface area contributed by atoms with Crippen molar-refractivity contribution in [3.63, 3.8) is 0 Å². The summed E-state index contributed by atoms with van der Waals surface area (Å²) in [4.78, 5) is 14.6. The molecule has 0 fully saturated rings. The van der Waals surface area contributed by atoms with Gasteiger partial charge in [0.05, 0.1) is 0 Å². The monoisotopic (exact) mass is 541 g/mol. The lowest BCUT2D eigenvalue weighted by atomic mass is 9.97. The maximum absolute atomic E-state index is 4.88. The summed E-state index contributed by atoms with van der Waals surface area (Å²) in [6, 6.07) is 37.9. The topological polar surface area (TPSA) is 38.7 Å². The minimum absolute atomic E-state index is 0.659. The predicted molar refractivity (Wildman–Crippen MR) is 156 cm³/mol. The molecule has 6 rings (SSSR count). The Morgan fingerprint density at radius 2 is 0.919 bits per heavy atom. The van der Waals surface area contributed by atoms with Crippen molar-refractivity contribution in [1.82, 2.24) is 15.0 Å². The molecule has 0 atom stereocenters. The lowest BCUT2D eigenvalue weighted by molar-refractivity contribution is 1.07. The molecule has 3 nitrogen and oxygen atoms in total. The average molecular weight is 542 g/mol. The molecule has 0 N–H and O–H groups in total. The largest absolute Gasteiger partial charge is 0.208 e. The number of halogens is 1. The first-order valence-corrected chi connectivity index (χ1v) is 13.0. The third-order valence-corrected chi connectivity index (χ3v) is 6.99. The first-order chi connectivity index (χ1) is 18.0. The highest BCUT2D eigenvalue weighted by Crippen LogP contribution is 2.33. The van der Waals surface area contributed by atoms with Gasteiger partial charge in [-0.3, -0.25) is 0 Å². The maximum Gasteiger partial charge on any atom is 0.164 e. The predicted octanol–water partition coefficient (Wildman–Crippen LogP) is 9.07. The van der Waals surface area contributed by atoms with Crippen LogP contribution in [0, 0.1) is 13.8 Å². The summed E-state index contributed by atoms with van der Waals surface area (Å²) in [7, 11) is 0. The second-order valence-electron chi connectivity index (χ2n) is 9.29. The quantitative estimate of drug-likeness (QED) is 0.223. The second kappa shape index (κ2) is 9.72. The van der Waals surface area contributed by atoms with E-state index in [1.807, 2.05) is 0 Å². The Balaban J connectivity index is 1.46. The highest BCUT2D eigenvalue weighted by atomic mass is 79.9. The van der Waals surface area contributed by atoms with Crippen LogP contribution in [0.5, 0.6) is 0 Å². The Labute approximate surface area is 225 Å². The minimum atomic E-state index is 0.659. The average Bonchev–Trinajstić information content (AvgIpc) is 2.93. The summed E-state index contributed by atoms with van der Waals surface area (Å²) in [5.74, 6) is 2.00. The van der Waals surface area contributed by atoms with Crippen LogP contribution in [-0.4, -0.2) is 15.0 Å². The second-order valence-corrected chi connectivity index (χ2v) is 10.2. The molecular weight excluding hydrogens is 518 g/mol. The Kier molecular flexibility index (Phi) is 6.11. The zero-order chi connectivity index (χ0) is 25.4. The maximum atomic E-state index is 4.88. The number of benzene rings is 5. The summed E-state index contributed by atoms with van der Waals surface area (Å²) in [5, 5.41) is 2.43. The lowest BCUT2D eigenvalue weighted by Gasteiger charge is -2.11. The van der Waals surface area contributed by atoms with Crippen molar-refractivity contribution in [2.45, 2.75) is 13.8 Å². The van der Waals surface area contributed by atoms with Gasteiger partial charge in [-0.2, -0.15) is 0 Å². The smallest absolute Gasteiger partial charge is 0.164 e. The number of nitrogens with zero attached hydrogens (tertiary/aromatic N) is 3. The number of hydrogen-bond donors (Lipinski definition) is 0. The highest BCUT2D eigenvalue weighted by molar-refractivity contribution is 9.10. The van der Waals surface area contributed by atoms with Crippen LogP contribution in [0.15, 0.2) is 114 Å². The van der Waals surface area contributed by atoms with Gasteiger partial charge in [0.2, 0.25) is 0 Å². The van der Waals surface area contributed by atoms with Crippen molar-refractivity contribution < 1.29 is 0 Å². The van der Waals surface area contributed by atoms with Crippen LogP contribution in [0.2, 0.25) is 0 Å². The lowest BCUT2D eigenvalue weighted by Crippen LogP contribution is -2.00. The summed E-state index contributed by atoms with van der Waals surface area (Å²) in [6.45, 7) is 4.16. The molecule has 0 unspecified atom stereocenters. The van der Waals surface area contributed by atoms with Crippen molar-refractivity contribution in [1.29, 1.82) is 0 Å². The summed E-state index contributed by atoms with van der Waals surface area (Å²) >= 11 is 3.67. The summed E-state index contributed by atoms with van der Waals surface area (Å²) < 4.78 is 1.06. The molecule has 0 spiro atoms. The molecule has 0 saturated heterocycles. The zero-order valence-corrected chi connectivity index (χ0v) is 22.2. The van der Waals surface area contributed by atoms with Gasteiger partial charge in [0, 0.05) is 21.2 Å². The third kappa shape index (κ3) is 4.81. The number of aryl methyl sites for hydroxylation is 2. The van der Waals surface area contributed by atoms with Gasteiger partial charge in [-0.25, -0.2) is 15.0 Å². The van der Waals surface area contributed by atoms with Crippen molar-refractivity contribution in [3.05, 3.63) is 125 Å². The van der Waals surface area contributed by atoms with Crippen LogP contribution in [0.4, 0.5) is 0 Å². The minimum Gasteiger partial charge on any atom is -0.208 e.